The first kappa shape index (κ1) is 18.9. The van der Waals surface area contributed by atoms with E-state index in [2.05, 4.69) is 22.4 Å². The van der Waals surface area contributed by atoms with E-state index in [0.717, 1.165) is 25.7 Å². The Morgan fingerprint density at radius 2 is 0.917 bits per heavy atom. The van der Waals surface area contributed by atoms with Crippen molar-refractivity contribution in [1.29, 1.82) is 10.5 Å². The van der Waals surface area contributed by atoms with Crippen molar-refractivity contribution in [2.45, 2.75) is 102 Å². The van der Waals surface area contributed by atoms with E-state index < -0.39 is 11.1 Å². The Kier molecular flexibility index (Phi) is 6.79. The standard InChI is InChI=1S/C20H32N4/c1-19(15-21,17-11-7-3-4-8-12-17)23-24-20(2,16-22)18-13-9-5-6-10-14-18/h17-18H,3-14H2,1-2H3/b24-23+. The summed E-state index contributed by atoms with van der Waals surface area (Å²) < 4.78 is 0. The van der Waals surface area contributed by atoms with Gasteiger partial charge in [0.25, 0.3) is 0 Å². The van der Waals surface area contributed by atoms with E-state index in [1.165, 1.54) is 51.4 Å². The van der Waals surface area contributed by atoms with Crippen molar-refractivity contribution in [3.05, 3.63) is 0 Å². The molecule has 2 saturated carbocycles. The molecule has 4 heteroatoms. The molecule has 0 aromatic rings. The average molecular weight is 329 g/mol. The molecule has 2 fully saturated rings. The summed E-state index contributed by atoms with van der Waals surface area (Å²) in [6, 6.07) is 4.84. The van der Waals surface area contributed by atoms with Crippen LogP contribution in [0.25, 0.3) is 0 Å². The molecule has 0 aliphatic heterocycles. The topological polar surface area (TPSA) is 72.3 Å². The second kappa shape index (κ2) is 8.61. The number of azo groups is 1. The van der Waals surface area contributed by atoms with Crippen LogP contribution >= 0.6 is 0 Å². The molecule has 24 heavy (non-hydrogen) atoms. The molecule has 0 amide bonds. The molecule has 2 aliphatic rings. The summed E-state index contributed by atoms with van der Waals surface area (Å²) in [6.07, 6.45) is 13.9. The molecule has 2 aliphatic carbocycles. The fraction of sp³-hybridized carbons (Fsp3) is 0.900. The minimum absolute atomic E-state index is 0.269. The molecule has 0 heterocycles. The highest BCUT2D eigenvalue weighted by Crippen LogP contribution is 2.38. The second-order valence-electron chi connectivity index (χ2n) is 8.10. The number of nitrogens with zero attached hydrogens (tertiary/aromatic N) is 4. The first-order chi connectivity index (χ1) is 11.5. The van der Waals surface area contributed by atoms with Gasteiger partial charge in [-0.3, -0.25) is 0 Å². The van der Waals surface area contributed by atoms with Crippen LogP contribution in [0.15, 0.2) is 10.2 Å². The van der Waals surface area contributed by atoms with Gasteiger partial charge in [-0.1, -0.05) is 51.4 Å². The third-order valence-electron chi connectivity index (χ3n) is 6.22. The van der Waals surface area contributed by atoms with Crippen LogP contribution in [0, 0.1) is 34.5 Å². The van der Waals surface area contributed by atoms with Crippen LogP contribution in [0.1, 0.15) is 90.9 Å². The zero-order valence-electron chi connectivity index (χ0n) is 15.4. The van der Waals surface area contributed by atoms with E-state index >= 15 is 0 Å². The lowest BCUT2D eigenvalue weighted by Gasteiger charge is -2.30. The molecule has 0 saturated heterocycles. The third kappa shape index (κ3) is 4.56. The lowest BCUT2D eigenvalue weighted by atomic mass is 9.81. The average Bonchev–Trinajstić information content (AvgIpc) is 3.05. The molecule has 4 nitrogen and oxygen atoms in total. The molecular formula is C20H32N4. The van der Waals surface area contributed by atoms with Crippen LogP contribution in [0.3, 0.4) is 0 Å². The molecule has 2 rings (SSSR count). The number of hydrogen-bond acceptors (Lipinski definition) is 4. The second-order valence-corrected chi connectivity index (χ2v) is 8.10. The van der Waals surface area contributed by atoms with Crippen molar-refractivity contribution in [3.63, 3.8) is 0 Å². The largest absolute Gasteiger partial charge is 0.196 e. The molecule has 2 atom stereocenters. The first-order valence-electron chi connectivity index (χ1n) is 9.80. The van der Waals surface area contributed by atoms with Gasteiger partial charge in [0.15, 0.2) is 11.1 Å². The minimum Gasteiger partial charge on any atom is -0.196 e. The summed E-state index contributed by atoms with van der Waals surface area (Å²) in [5.41, 5.74) is -1.57. The minimum atomic E-state index is -0.785. The van der Waals surface area contributed by atoms with E-state index in [1.807, 2.05) is 13.8 Å². The lowest BCUT2D eigenvalue weighted by molar-refractivity contribution is 0.278. The zero-order valence-corrected chi connectivity index (χ0v) is 15.4. The predicted molar refractivity (Wildman–Crippen MR) is 95.3 cm³/mol. The Bertz CT molecular complexity index is 453. The number of hydrogen-bond donors (Lipinski definition) is 0. The summed E-state index contributed by atoms with van der Waals surface area (Å²) in [6.45, 7) is 3.83. The lowest BCUT2D eigenvalue weighted by Crippen LogP contribution is -2.34. The highest BCUT2D eigenvalue weighted by atomic mass is 15.2. The van der Waals surface area contributed by atoms with Crippen molar-refractivity contribution < 1.29 is 0 Å². The fourth-order valence-corrected chi connectivity index (χ4v) is 4.28. The normalized spacial score (nSPS) is 26.5. The van der Waals surface area contributed by atoms with Crippen LogP contribution in [0.4, 0.5) is 0 Å². The van der Waals surface area contributed by atoms with Gasteiger partial charge in [-0.25, -0.2) is 0 Å². The maximum atomic E-state index is 9.77. The highest BCUT2D eigenvalue weighted by Gasteiger charge is 2.39. The predicted octanol–water partition coefficient (Wildman–Crippen LogP) is 5.94. The molecule has 0 N–H and O–H groups in total. The van der Waals surface area contributed by atoms with E-state index in [1.54, 1.807) is 0 Å². The maximum Gasteiger partial charge on any atom is 0.167 e. The molecule has 0 spiro atoms. The van der Waals surface area contributed by atoms with Crippen LogP contribution in [0.5, 0.6) is 0 Å². The van der Waals surface area contributed by atoms with E-state index in [-0.39, 0.29) is 11.8 Å². The Hall–Kier alpha value is -1.42. The Labute approximate surface area is 147 Å². The highest BCUT2D eigenvalue weighted by molar-refractivity contribution is 5.11. The van der Waals surface area contributed by atoms with E-state index in [4.69, 9.17) is 0 Å². The zero-order chi connectivity index (χ0) is 17.5. The van der Waals surface area contributed by atoms with Gasteiger partial charge in [-0.05, 0) is 51.4 Å². The Balaban J connectivity index is 2.16. The van der Waals surface area contributed by atoms with E-state index in [9.17, 15) is 10.5 Å². The van der Waals surface area contributed by atoms with Crippen molar-refractivity contribution in [2.24, 2.45) is 22.1 Å². The molecule has 2 unspecified atom stereocenters. The van der Waals surface area contributed by atoms with Gasteiger partial charge < -0.3 is 0 Å². The molecule has 132 valence electrons. The van der Waals surface area contributed by atoms with Gasteiger partial charge in [0.2, 0.25) is 0 Å². The Morgan fingerprint density at radius 1 is 0.625 bits per heavy atom. The summed E-state index contributed by atoms with van der Waals surface area (Å²) in [4.78, 5) is 0. The maximum absolute atomic E-state index is 9.77. The van der Waals surface area contributed by atoms with Crippen molar-refractivity contribution in [2.75, 3.05) is 0 Å². The van der Waals surface area contributed by atoms with Crippen LogP contribution in [0.2, 0.25) is 0 Å². The quantitative estimate of drug-likeness (QED) is 0.473. The molecule has 0 bridgehead atoms. The van der Waals surface area contributed by atoms with Gasteiger partial charge in [0, 0.05) is 0 Å². The smallest absolute Gasteiger partial charge is 0.167 e. The van der Waals surface area contributed by atoms with Crippen molar-refractivity contribution >= 4 is 0 Å². The number of rotatable bonds is 4. The SMILES string of the molecule is CC(C#N)(/N=N/C(C)(C#N)C1CCCCCC1)C1CCCCCC1. The van der Waals surface area contributed by atoms with Gasteiger partial charge in [0.05, 0.1) is 12.1 Å². The fourth-order valence-electron chi connectivity index (χ4n) is 4.28. The van der Waals surface area contributed by atoms with Crippen molar-refractivity contribution in [1.82, 2.24) is 0 Å². The summed E-state index contributed by atoms with van der Waals surface area (Å²) in [7, 11) is 0. The van der Waals surface area contributed by atoms with Gasteiger partial charge in [0.1, 0.15) is 0 Å². The van der Waals surface area contributed by atoms with Gasteiger partial charge in [-0.15, -0.1) is 0 Å². The van der Waals surface area contributed by atoms with Crippen LogP contribution in [-0.4, -0.2) is 11.1 Å². The molecular weight excluding hydrogens is 296 g/mol. The Morgan fingerprint density at radius 3 is 1.17 bits per heavy atom. The summed E-state index contributed by atoms with van der Waals surface area (Å²) in [5.74, 6) is 0.539. The molecule has 0 aromatic carbocycles. The van der Waals surface area contributed by atoms with Crippen molar-refractivity contribution in [3.8, 4) is 12.1 Å². The molecule has 0 aromatic heterocycles. The van der Waals surface area contributed by atoms with Crippen LogP contribution < -0.4 is 0 Å². The third-order valence-corrected chi connectivity index (χ3v) is 6.22. The van der Waals surface area contributed by atoms with Gasteiger partial charge in [-0.2, -0.15) is 20.8 Å². The molecule has 0 radical (unpaired) electrons. The summed E-state index contributed by atoms with van der Waals surface area (Å²) in [5, 5.41) is 28.6. The summed E-state index contributed by atoms with van der Waals surface area (Å²) >= 11 is 0. The van der Waals surface area contributed by atoms with Crippen LogP contribution in [-0.2, 0) is 0 Å². The van der Waals surface area contributed by atoms with E-state index in [0.29, 0.717) is 0 Å². The first-order valence-corrected chi connectivity index (χ1v) is 9.80. The van der Waals surface area contributed by atoms with Gasteiger partial charge >= 0.3 is 0 Å². The monoisotopic (exact) mass is 328 g/mol. The number of nitriles is 2.